The number of carbonyl (C=O) groups excluding carboxylic acids is 2. The predicted molar refractivity (Wildman–Crippen MR) is 92.4 cm³/mol. The van der Waals surface area contributed by atoms with E-state index in [2.05, 4.69) is 5.32 Å². The van der Waals surface area contributed by atoms with Crippen LogP contribution in [-0.2, 0) is 14.3 Å². The molecule has 0 aliphatic rings. The number of hydrogen-bond acceptors (Lipinski definition) is 4. The van der Waals surface area contributed by atoms with Crippen molar-refractivity contribution in [3.63, 3.8) is 0 Å². The van der Waals surface area contributed by atoms with Gasteiger partial charge in [0.05, 0.1) is 6.54 Å². The molecule has 0 aromatic heterocycles. The summed E-state index contributed by atoms with van der Waals surface area (Å²) in [5.41, 5.74) is 6.93. The Hall–Kier alpha value is -1.63. The molecule has 2 amide bonds. The van der Waals surface area contributed by atoms with Gasteiger partial charge in [-0.2, -0.15) is 0 Å². The highest BCUT2D eigenvalue weighted by Gasteiger charge is 2.17. The first-order valence-electron chi connectivity index (χ1n) is 7.34. The smallest absolute Gasteiger partial charge is 0.239 e. The summed E-state index contributed by atoms with van der Waals surface area (Å²) in [6.45, 7) is 1.17. The Morgan fingerprint density at radius 3 is 2.57 bits per heavy atom. The lowest BCUT2D eigenvalue weighted by Crippen LogP contribution is -2.39. The molecule has 1 aromatic carbocycles. The number of nitrogens with zero attached hydrogens (tertiary/aromatic N) is 1. The van der Waals surface area contributed by atoms with E-state index in [4.69, 9.17) is 10.5 Å². The van der Waals surface area contributed by atoms with E-state index in [0.29, 0.717) is 13.2 Å². The monoisotopic (exact) mass is 343 g/mol. The van der Waals surface area contributed by atoms with E-state index in [1.54, 1.807) is 14.2 Å². The van der Waals surface area contributed by atoms with Crippen LogP contribution < -0.4 is 11.1 Å². The first kappa shape index (κ1) is 21.4. The maximum absolute atomic E-state index is 12.1. The van der Waals surface area contributed by atoms with Crippen molar-refractivity contribution >= 4 is 24.2 Å². The van der Waals surface area contributed by atoms with Crippen molar-refractivity contribution < 1.29 is 14.3 Å². The molecule has 0 saturated carbocycles. The molecule has 0 fully saturated rings. The van der Waals surface area contributed by atoms with Gasteiger partial charge in [-0.05, 0) is 12.0 Å². The summed E-state index contributed by atoms with van der Waals surface area (Å²) in [6.07, 6.45) is 0.927. The van der Waals surface area contributed by atoms with E-state index in [1.807, 2.05) is 30.3 Å². The second-order valence-corrected chi connectivity index (χ2v) is 5.17. The van der Waals surface area contributed by atoms with Gasteiger partial charge in [-0.15, -0.1) is 12.4 Å². The van der Waals surface area contributed by atoms with Crippen molar-refractivity contribution in [2.45, 2.75) is 18.9 Å². The number of halogens is 1. The fourth-order valence-corrected chi connectivity index (χ4v) is 1.97. The lowest BCUT2D eigenvalue weighted by Gasteiger charge is -2.19. The van der Waals surface area contributed by atoms with Gasteiger partial charge in [-0.25, -0.2) is 0 Å². The summed E-state index contributed by atoms with van der Waals surface area (Å²) in [7, 11) is 3.22. The lowest BCUT2D eigenvalue weighted by atomic mass is 10.0. The van der Waals surface area contributed by atoms with E-state index in [9.17, 15) is 9.59 Å². The third-order valence-corrected chi connectivity index (χ3v) is 3.28. The Bertz CT molecular complexity index is 471. The highest BCUT2D eigenvalue weighted by Crippen LogP contribution is 2.14. The Balaban J connectivity index is 0.00000484. The third kappa shape index (κ3) is 8.54. The number of ether oxygens (including phenoxy) is 1. The second-order valence-electron chi connectivity index (χ2n) is 5.17. The third-order valence-electron chi connectivity index (χ3n) is 3.28. The van der Waals surface area contributed by atoms with Crippen molar-refractivity contribution in [2.75, 3.05) is 33.9 Å². The quantitative estimate of drug-likeness (QED) is 0.658. The maximum Gasteiger partial charge on any atom is 0.239 e. The molecule has 0 saturated heterocycles. The van der Waals surface area contributed by atoms with E-state index >= 15 is 0 Å². The van der Waals surface area contributed by atoms with Gasteiger partial charge in [-0.1, -0.05) is 30.3 Å². The van der Waals surface area contributed by atoms with Gasteiger partial charge < -0.3 is 20.7 Å². The molecule has 23 heavy (non-hydrogen) atoms. The van der Waals surface area contributed by atoms with Crippen LogP contribution in [0.4, 0.5) is 0 Å². The van der Waals surface area contributed by atoms with Crippen LogP contribution in [0.3, 0.4) is 0 Å². The molecule has 0 spiro atoms. The van der Waals surface area contributed by atoms with Crippen LogP contribution in [-0.4, -0.2) is 50.6 Å². The number of nitrogens with two attached hydrogens (primary N) is 1. The molecule has 1 atom stereocenters. The zero-order chi connectivity index (χ0) is 16.4. The molecular formula is C16H26ClN3O3. The van der Waals surface area contributed by atoms with Crippen molar-refractivity contribution in [2.24, 2.45) is 5.73 Å². The lowest BCUT2D eigenvalue weighted by molar-refractivity contribution is -0.135. The molecular weight excluding hydrogens is 318 g/mol. The maximum atomic E-state index is 12.1. The van der Waals surface area contributed by atoms with Gasteiger partial charge >= 0.3 is 0 Å². The number of methoxy groups -OCH3 is 1. The van der Waals surface area contributed by atoms with Crippen molar-refractivity contribution in [1.82, 2.24) is 10.2 Å². The van der Waals surface area contributed by atoms with Gasteiger partial charge in [0.2, 0.25) is 11.8 Å². The topological polar surface area (TPSA) is 84.7 Å². The highest BCUT2D eigenvalue weighted by molar-refractivity contribution is 5.85. The standard InChI is InChI=1S/C16H25N3O3.ClH/c1-19(12-15(20)18-9-6-10-22-2)16(21)11-14(17)13-7-4-3-5-8-13;/h3-5,7-8,14H,6,9-12,17H2,1-2H3,(H,18,20);1H. The van der Waals surface area contributed by atoms with Crippen LogP contribution in [0.25, 0.3) is 0 Å². The minimum Gasteiger partial charge on any atom is -0.385 e. The van der Waals surface area contributed by atoms with E-state index in [-0.39, 0.29) is 43.2 Å². The fourth-order valence-electron chi connectivity index (χ4n) is 1.97. The van der Waals surface area contributed by atoms with Gasteiger partial charge in [0.1, 0.15) is 0 Å². The Kier molecular flexibility index (Phi) is 11.0. The van der Waals surface area contributed by atoms with Crippen LogP contribution in [0.2, 0.25) is 0 Å². The number of rotatable bonds is 9. The van der Waals surface area contributed by atoms with Crippen LogP contribution >= 0.6 is 12.4 Å². The first-order valence-corrected chi connectivity index (χ1v) is 7.34. The predicted octanol–water partition coefficient (Wildman–Crippen LogP) is 1.11. The second kappa shape index (κ2) is 11.9. The molecule has 1 rings (SSSR count). The summed E-state index contributed by atoms with van der Waals surface area (Å²) in [5, 5.41) is 2.74. The molecule has 0 aliphatic carbocycles. The number of likely N-dealkylation sites (N-methyl/N-ethyl adjacent to an activating group) is 1. The van der Waals surface area contributed by atoms with Crippen LogP contribution in [0.15, 0.2) is 30.3 Å². The summed E-state index contributed by atoms with van der Waals surface area (Å²) < 4.78 is 4.90. The van der Waals surface area contributed by atoms with Gasteiger partial charge in [0.25, 0.3) is 0 Å². The summed E-state index contributed by atoms with van der Waals surface area (Å²) in [4.78, 5) is 25.2. The Morgan fingerprint density at radius 2 is 1.96 bits per heavy atom. The summed E-state index contributed by atoms with van der Waals surface area (Å²) >= 11 is 0. The van der Waals surface area contributed by atoms with Gasteiger partial charge in [0.15, 0.2) is 0 Å². The summed E-state index contributed by atoms with van der Waals surface area (Å²) in [5.74, 6) is -0.330. The number of carbonyl (C=O) groups is 2. The minimum absolute atomic E-state index is 0. The Labute approximate surface area is 143 Å². The molecule has 130 valence electrons. The summed E-state index contributed by atoms with van der Waals surface area (Å²) in [6, 6.07) is 9.09. The van der Waals surface area contributed by atoms with Crippen LogP contribution in [0.1, 0.15) is 24.4 Å². The van der Waals surface area contributed by atoms with E-state index in [1.165, 1.54) is 4.90 Å². The molecule has 0 bridgehead atoms. The van der Waals surface area contributed by atoms with Crippen LogP contribution in [0.5, 0.6) is 0 Å². The average Bonchev–Trinajstić information content (AvgIpc) is 2.52. The average molecular weight is 344 g/mol. The molecule has 1 aromatic rings. The Morgan fingerprint density at radius 1 is 1.30 bits per heavy atom. The van der Waals surface area contributed by atoms with Crippen molar-refractivity contribution in [1.29, 1.82) is 0 Å². The van der Waals surface area contributed by atoms with Gasteiger partial charge in [-0.3, -0.25) is 9.59 Å². The molecule has 0 heterocycles. The molecule has 0 aliphatic heterocycles. The van der Waals surface area contributed by atoms with Crippen molar-refractivity contribution in [3.8, 4) is 0 Å². The molecule has 1 unspecified atom stereocenters. The highest BCUT2D eigenvalue weighted by atomic mass is 35.5. The van der Waals surface area contributed by atoms with E-state index < -0.39 is 0 Å². The number of nitrogens with one attached hydrogen (secondary N) is 1. The first-order chi connectivity index (χ1) is 10.5. The number of benzene rings is 1. The number of hydrogen-bond donors (Lipinski definition) is 2. The SMILES string of the molecule is COCCCNC(=O)CN(C)C(=O)CC(N)c1ccccc1.Cl. The zero-order valence-corrected chi connectivity index (χ0v) is 14.5. The molecule has 0 radical (unpaired) electrons. The zero-order valence-electron chi connectivity index (χ0n) is 13.7. The van der Waals surface area contributed by atoms with Crippen LogP contribution in [0, 0.1) is 0 Å². The largest absolute Gasteiger partial charge is 0.385 e. The van der Waals surface area contributed by atoms with E-state index in [0.717, 1.165) is 12.0 Å². The molecule has 7 heteroatoms. The van der Waals surface area contributed by atoms with Gasteiger partial charge in [0, 0.05) is 39.8 Å². The fraction of sp³-hybridized carbons (Fsp3) is 0.500. The normalized spacial score (nSPS) is 11.3. The molecule has 6 nitrogen and oxygen atoms in total. The number of amides is 2. The minimum atomic E-state index is -0.360. The molecule has 3 N–H and O–H groups in total. The van der Waals surface area contributed by atoms with Crippen molar-refractivity contribution in [3.05, 3.63) is 35.9 Å².